The van der Waals surface area contributed by atoms with Crippen LogP contribution >= 0.6 is 12.2 Å². The van der Waals surface area contributed by atoms with Gasteiger partial charge in [-0.2, -0.15) is 5.10 Å². The Hall–Kier alpha value is -2.14. The molecular formula is C14H13N3OS. The fourth-order valence-electron chi connectivity index (χ4n) is 2.03. The van der Waals surface area contributed by atoms with Crippen molar-refractivity contribution in [2.75, 3.05) is 0 Å². The van der Waals surface area contributed by atoms with Gasteiger partial charge in [-0.3, -0.25) is 9.67 Å². The second-order valence-electron chi connectivity index (χ2n) is 4.41. The highest BCUT2D eigenvalue weighted by molar-refractivity contribution is 7.71. The number of furan rings is 1. The number of nitrogens with one attached hydrogen (secondary N) is 1. The molecule has 5 heteroatoms. The average Bonchev–Trinajstić information content (AvgIpc) is 2.97. The average molecular weight is 271 g/mol. The van der Waals surface area contributed by atoms with Crippen LogP contribution in [0.2, 0.25) is 0 Å². The van der Waals surface area contributed by atoms with E-state index in [9.17, 15) is 0 Å². The predicted octanol–water partition coefficient (Wildman–Crippen LogP) is 3.81. The van der Waals surface area contributed by atoms with Crippen molar-refractivity contribution in [3.63, 3.8) is 0 Å². The number of hydrogen-bond acceptors (Lipinski definition) is 3. The number of rotatable bonds is 2. The molecule has 0 aliphatic heterocycles. The maximum atomic E-state index is 5.34. The third kappa shape index (κ3) is 2.02. The van der Waals surface area contributed by atoms with Gasteiger partial charge in [0.25, 0.3) is 0 Å². The summed E-state index contributed by atoms with van der Waals surface area (Å²) < 4.78 is 7.82. The fourth-order valence-corrected chi connectivity index (χ4v) is 2.27. The molecule has 0 fully saturated rings. The van der Waals surface area contributed by atoms with Crippen LogP contribution in [0.4, 0.5) is 0 Å². The Kier molecular flexibility index (Phi) is 2.83. The van der Waals surface area contributed by atoms with E-state index in [1.54, 1.807) is 6.26 Å². The number of aromatic nitrogens is 3. The molecule has 0 bridgehead atoms. The van der Waals surface area contributed by atoms with Gasteiger partial charge in [0.2, 0.25) is 0 Å². The van der Waals surface area contributed by atoms with Gasteiger partial charge in [0.05, 0.1) is 11.8 Å². The Morgan fingerprint density at radius 1 is 1.16 bits per heavy atom. The van der Waals surface area contributed by atoms with Gasteiger partial charge in [0.1, 0.15) is 5.76 Å². The minimum atomic E-state index is 0.569. The summed E-state index contributed by atoms with van der Waals surface area (Å²) >= 11 is 5.32. The molecule has 2 heterocycles. The van der Waals surface area contributed by atoms with Crippen LogP contribution in [0.3, 0.4) is 0 Å². The third-order valence-corrected chi connectivity index (χ3v) is 3.34. The predicted molar refractivity (Wildman–Crippen MR) is 75.9 cm³/mol. The molecule has 1 aromatic carbocycles. The number of aromatic amines is 1. The Balaban J connectivity index is 2.22. The van der Waals surface area contributed by atoms with E-state index in [4.69, 9.17) is 16.6 Å². The van der Waals surface area contributed by atoms with Crippen LogP contribution in [-0.4, -0.2) is 14.8 Å². The quantitative estimate of drug-likeness (QED) is 0.721. The minimum Gasteiger partial charge on any atom is -0.469 e. The summed E-state index contributed by atoms with van der Waals surface area (Å²) in [6.45, 7) is 3.96. The molecule has 1 N–H and O–H groups in total. The molecule has 0 amide bonds. The lowest BCUT2D eigenvalue weighted by atomic mass is 10.2. The summed E-state index contributed by atoms with van der Waals surface area (Å²) in [4.78, 5) is 0. The molecular weight excluding hydrogens is 258 g/mol. The van der Waals surface area contributed by atoms with Crippen LogP contribution in [0.1, 0.15) is 11.3 Å². The molecule has 0 aliphatic rings. The number of benzene rings is 1. The highest BCUT2D eigenvalue weighted by Gasteiger charge is 2.14. The van der Waals surface area contributed by atoms with Gasteiger partial charge in [-0.15, -0.1) is 0 Å². The standard InChI is InChI=1S/C14H13N3OS/c1-9-3-5-11(6-4-9)17-13(15-16-14(17)19)12-7-8-18-10(12)2/h3-8H,1-2H3,(H,16,19). The van der Waals surface area contributed by atoms with Crippen molar-refractivity contribution in [3.8, 4) is 17.1 Å². The van der Waals surface area contributed by atoms with Gasteiger partial charge in [-0.05, 0) is 44.3 Å². The van der Waals surface area contributed by atoms with Gasteiger partial charge in [-0.25, -0.2) is 0 Å². The van der Waals surface area contributed by atoms with Crippen molar-refractivity contribution in [1.82, 2.24) is 14.8 Å². The van der Waals surface area contributed by atoms with Crippen molar-refractivity contribution >= 4 is 12.2 Å². The molecule has 2 aromatic heterocycles. The van der Waals surface area contributed by atoms with Crippen LogP contribution in [0.5, 0.6) is 0 Å². The molecule has 3 rings (SSSR count). The molecule has 0 spiro atoms. The van der Waals surface area contributed by atoms with E-state index in [-0.39, 0.29) is 0 Å². The van der Waals surface area contributed by atoms with E-state index in [1.807, 2.05) is 29.7 Å². The first-order valence-electron chi connectivity index (χ1n) is 5.96. The monoisotopic (exact) mass is 271 g/mol. The van der Waals surface area contributed by atoms with Crippen molar-refractivity contribution in [2.24, 2.45) is 0 Å². The molecule has 0 unspecified atom stereocenters. The second-order valence-corrected chi connectivity index (χ2v) is 4.80. The third-order valence-electron chi connectivity index (χ3n) is 3.06. The molecule has 96 valence electrons. The lowest BCUT2D eigenvalue weighted by Crippen LogP contribution is -1.97. The lowest BCUT2D eigenvalue weighted by Gasteiger charge is -2.06. The Bertz CT molecular complexity index is 765. The zero-order valence-corrected chi connectivity index (χ0v) is 11.5. The molecule has 4 nitrogen and oxygen atoms in total. The Morgan fingerprint density at radius 3 is 2.53 bits per heavy atom. The van der Waals surface area contributed by atoms with Crippen LogP contribution in [-0.2, 0) is 0 Å². The van der Waals surface area contributed by atoms with Crippen molar-refractivity contribution in [2.45, 2.75) is 13.8 Å². The summed E-state index contributed by atoms with van der Waals surface area (Å²) in [7, 11) is 0. The zero-order chi connectivity index (χ0) is 13.4. The van der Waals surface area contributed by atoms with E-state index in [0.29, 0.717) is 4.77 Å². The maximum absolute atomic E-state index is 5.34. The van der Waals surface area contributed by atoms with Crippen molar-refractivity contribution in [3.05, 3.63) is 52.7 Å². The van der Waals surface area contributed by atoms with E-state index in [1.165, 1.54) is 5.56 Å². The minimum absolute atomic E-state index is 0.569. The Morgan fingerprint density at radius 2 is 1.89 bits per heavy atom. The van der Waals surface area contributed by atoms with Gasteiger partial charge < -0.3 is 4.42 Å². The summed E-state index contributed by atoms with van der Waals surface area (Å²) in [6, 6.07) is 10.1. The van der Waals surface area contributed by atoms with E-state index in [2.05, 4.69) is 29.3 Å². The van der Waals surface area contributed by atoms with E-state index < -0.39 is 0 Å². The SMILES string of the molecule is Cc1ccc(-n2c(-c3ccoc3C)n[nH]c2=S)cc1. The molecule has 3 aromatic rings. The van der Waals surface area contributed by atoms with E-state index >= 15 is 0 Å². The second kappa shape index (κ2) is 4.51. The van der Waals surface area contributed by atoms with Crippen molar-refractivity contribution < 1.29 is 4.42 Å². The summed E-state index contributed by atoms with van der Waals surface area (Å²) in [5.74, 6) is 1.59. The molecule has 19 heavy (non-hydrogen) atoms. The van der Waals surface area contributed by atoms with Gasteiger partial charge >= 0.3 is 0 Å². The van der Waals surface area contributed by atoms with Crippen molar-refractivity contribution in [1.29, 1.82) is 0 Å². The Labute approximate surface area is 115 Å². The highest BCUT2D eigenvalue weighted by Crippen LogP contribution is 2.25. The summed E-state index contributed by atoms with van der Waals surface area (Å²) in [6.07, 6.45) is 1.65. The smallest absolute Gasteiger partial charge is 0.200 e. The normalized spacial score (nSPS) is 10.8. The highest BCUT2D eigenvalue weighted by atomic mass is 32.1. The number of aryl methyl sites for hydroxylation is 2. The van der Waals surface area contributed by atoms with Crippen LogP contribution in [0.25, 0.3) is 17.1 Å². The first kappa shape index (κ1) is 11.9. The van der Waals surface area contributed by atoms with Crippen LogP contribution < -0.4 is 0 Å². The molecule has 0 saturated carbocycles. The first-order valence-corrected chi connectivity index (χ1v) is 6.36. The molecule has 0 atom stereocenters. The molecule has 0 radical (unpaired) electrons. The van der Waals surface area contributed by atoms with Gasteiger partial charge in [-0.1, -0.05) is 17.7 Å². The van der Waals surface area contributed by atoms with E-state index in [0.717, 1.165) is 22.8 Å². The topological polar surface area (TPSA) is 46.8 Å². The summed E-state index contributed by atoms with van der Waals surface area (Å²) in [5, 5.41) is 7.14. The first-order chi connectivity index (χ1) is 9.16. The maximum Gasteiger partial charge on any atom is 0.200 e. The largest absolute Gasteiger partial charge is 0.469 e. The van der Waals surface area contributed by atoms with Crippen LogP contribution in [0, 0.1) is 18.6 Å². The number of nitrogens with zero attached hydrogens (tertiary/aromatic N) is 2. The number of H-pyrrole nitrogens is 1. The zero-order valence-electron chi connectivity index (χ0n) is 10.7. The lowest BCUT2D eigenvalue weighted by molar-refractivity contribution is 0.535. The van der Waals surface area contributed by atoms with Crippen LogP contribution in [0.15, 0.2) is 41.0 Å². The molecule has 0 saturated heterocycles. The fraction of sp³-hybridized carbons (Fsp3) is 0.143. The van der Waals surface area contributed by atoms with Gasteiger partial charge in [0.15, 0.2) is 10.6 Å². The number of hydrogen-bond donors (Lipinski definition) is 1. The summed E-state index contributed by atoms with van der Waals surface area (Å²) in [5.41, 5.74) is 3.13. The molecule has 0 aliphatic carbocycles. The van der Waals surface area contributed by atoms with Gasteiger partial charge in [0, 0.05) is 5.69 Å².